The number of ether oxygens (including phenoxy) is 1. The molecule has 0 aromatic heterocycles. The smallest absolute Gasteiger partial charge is 0.191 e. The highest BCUT2D eigenvalue weighted by molar-refractivity contribution is 5.79. The van der Waals surface area contributed by atoms with E-state index in [1.54, 1.807) is 0 Å². The van der Waals surface area contributed by atoms with Crippen molar-refractivity contribution in [3.63, 3.8) is 0 Å². The fourth-order valence-corrected chi connectivity index (χ4v) is 2.99. The Kier molecular flexibility index (Phi) is 6.60. The SMILES string of the molecule is CCCN1CCC(NC(=NC)NCC2CCOC2)CC1. The van der Waals surface area contributed by atoms with Crippen LogP contribution in [0.3, 0.4) is 0 Å². The highest BCUT2D eigenvalue weighted by atomic mass is 16.5. The van der Waals surface area contributed by atoms with Crippen LogP contribution < -0.4 is 10.6 Å². The summed E-state index contributed by atoms with van der Waals surface area (Å²) >= 11 is 0. The van der Waals surface area contributed by atoms with Gasteiger partial charge in [0.05, 0.1) is 6.61 Å². The highest BCUT2D eigenvalue weighted by Crippen LogP contribution is 2.12. The molecule has 0 bridgehead atoms. The molecule has 0 radical (unpaired) electrons. The molecule has 0 amide bonds. The van der Waals surface area contributed by atoms with Crippen LogP contribution in [0.2, 0.25) is 0 Å². The van der Waals surface area contributed by atoms with Crippen LogP contribution in [0, 0.1) is 5.92 Å². The van der Waals surface area contributed by atoms with Crippen LogP contribution >= 0.6 is 0 Å². The predicted molar refractivity (Wildman–Crippen MR) is 83.2 cm³/mol. The lowest BCUT2D eigenvalue weighted by atomic mass is 10.1. The van der Waals surface area contributed by atoms with Crippen molar-refractivity contribution in [2.24, 2.45) is 10.9 Å². The Morgan fingerprint density at radius 2 is 2.10 bits per heavy atom. The van der Waals surface area contributed by atoms with Gasteiger partial charge in [-0.1, -0.05) is 6.92 Å². The molecule has 0 saturated carbocycles. The second-order valence-corrected chi connectivity index (χ2v) is 5.94. The normalized spacial score (nSPS) is 25.9. The summed E-state index contributed by atoms with van der Waals surface area (Å²) in [6.45, 7) is 8.67. The van der Waals surface area contributed by atoms with Crippen LogP contribution in [-0.2, 0) is 4.74 Å². The zero-order chi connectivity index (χ0) is 14.2. The molecule has 5 heteroatoms. The van der Waals surface area contributed by atoms with Gasteiger partial charge in [0.15, 0.2) is 5.96 Å². The van der Waals surface area contributed by atoms with Crippen LogP contribution in [-0.4, -0.2) is 63.3 Å². The minimum atomic E-state index is 0.564. The van der Waals surface area contributed by atoms with Crippen molar-refractivity contribution in [1.82, 2.24) is 15.5 Å². The number of rotatable bonds is 5. The third-order valence-corrected chi connectivity index (χ3v) is 4.27. The molecule has 2 heterocycles. The monoisotopic (exact) mass is 282 g/mol. The zero-order valence-electron chi connectivity index (χ0n) is 13.0. The summed E-state index contributed by atoms with van der Waals surface area (Å²) in [5, 5.41) is 7.00. The Labute approximate surface area is 123 Å². The summed E-state index contributed by atoms with van der Waals surface area (Å²) in [5.74, 6) is 1.59. The minimum absolute atomic E-state index is 0.564. The van der Waals surface area contributed by atoms with Gasteiger partial charge in [-0.3, -0.25) is 4.99 Å². The van der Waals surface area contributed by atoms with E-state index in [-0.39, 0.29) is 0 Å². The number of hydrogen-bond donors (Lipinski definition) is 2. The number of guanidine groups is 1. The second kappa shape index (κ2) is 8.47. The molecule has 2 aliphatic heterocycles. The van der Waals surface area contributed by atoms with Gasteiger partial charge in [0.25, 0.3) is 0 Å². The zero-order valence-corrected chi connectivity index (χ0v) is 13.0. The molecule has 0 spiro atoms. The van der Waals surface area contributed by atoms with E-state index in [1.807, 2.05) is 7.05 Å². The van der Waals surface area contributed by atoms with E-state index in [9.17, 15) is 0 Å². The maximum Gasteiger partial charge on any atom is 0.191 e. The first-order chi connectivity index (χ1) is 9.81. The van der Waals surface area contributed by atoms with Crippen molar-refractivity contribution in [2.45, 2.75) is 38.6 Å². The Hall–Kier alpha value is -0.810. The third kappa shape index (κ3) is 4.94. The van der Waals surface area contributed by atoms with Crippen molar-refractivity contribution >= 4 is 5.96 Å². The molecule has 0 aliphatic carbocycles. The molecule has 2 rings (SSSR count). The van der Waals surface area contributed by atoms with E-state index in [0.717, 1.165) is 25.7 Å². The number of nitrogens with zero attached hydrogens (tertiary/aromatic N) is 2. The lowest BCUT2D eigenvalue weighted by molar-refractivity contribution is 0.186. The summed E-state index contributed by atoms with van der Waals surface area (Å²) < 4.78 is 5.40. The van der Waals surface area contributed by atoms with E-state index in [2.05, 4.69) is 27.4 Å². The molecule has 116 valence electrons. The van der Waals surface area contributed by atoms with Gasteiger partial charge in [-0.2, -0.15) is 0 Å². The summed E-state index contributed by atoms with van der Waals surface area (Å²) in [6.07, 6.45) is 4.85. The van der Waals surface area contributed by atoms with Crippen molar-refractivity contribution in [1.29, 1.82) is 0 Å². The standard InChI is InChI=1S/C15H30N4O/c1-3-7-19-8-4-14(5-9-19)18-15(16-2)17-11-13-6-10-20-12-13/h13-14H,3-12H2,1-2H3,(H2,16,17,18). The van der Waals surface area contributed by atoms with Crippen molar-refractivity contribution in [2.75, 3.05) is 46.4 Å². The van der Waals surface area contributed by atoms with E-state index in [1.165, 1.54) is 45.3 Å². The van der Waals surface area contributed by atoms with E-state index in [0.29, 0.717) is 12.0 Å². The quantitative estimate of drug-likeness (QED) is 0.585. The summed E-state index contributed by atoms with van der Waals surface area (Å²) in [5.41, 5.74) is 0. The van der Waals surface area contributed by atoms with Gasteiger partial charge >= 0.3 is 0 Å². The Balaban J connectivity index is 1.65. The highest BCUT2D eigenvalue weighted by Gasteiger charge is 2.20. The predicted octanol–water partition coefficient (Wildman–Crippen LogP) is 1.06. The van der Waals surface area contributed by atoms with Gasteiger partial charge in [-0.15, -0.1) is 0 Å². The number of hydrogen-bond acceptors (Lipinski definition) is 3. The first kappa shape index (κ1) is 15.6. The molecular weight excluding hydrogens is 252 g/mol. The molecule has 0 aromatic carbocycles. The third-order valence-electron chi connectivity index (χ3n) is 4.27. The van der Waals surface area contributed by atoms with E-state index < -0.39 is 0 Å². The molecule has 5 nitrogen and oxygen atoms in total. The van der Waals surface area contributed by atoms with Crippen LogP contribution in [0.1, 0.15) is 32.6 Å². The lowest BCUT2D eigenvalue weighted by Gasteiger charge is -2.33. The molecule has 2 N–H and O–H groups in total. The Bertz CT molecular complexity index is 294. The second-order valence-electron chi connectivity index (χ2n) is 5.94. The largest absolute Gasteiger partial charge is 0.381 e. The molecule has 0 aromatic rings. The molecule has 1 atom stereocenters. The van der Waals surface area contributed by atoms with Gasteiger partial charge < -0.3 is 20.3 Å². The van der Waals surface area contributed by atoms with Gasteiger partial charge in [-0.05, 0) is 32.2 Å². The maximum absolute atomic E-state index is 5.40. The van der Waals surface area contributed by atoms with Crippen LogP contribution in [0.25, 0.3) is 0 Å². The van der Waals surface area contributed by atoms with E-state index >= 15 is 0 Å². The van der Waals surface area contributed by atoms with Gasteiger partial charge in [0.2, 0.25) is 0 Å². The van der Waals surface area contributed by atoms with Gasteiger partial charge in [0, 0.05) is 45.2 Å². The first-order valence-electron chi connectivity index (χ1n) is 8.09. The van der Waals surface area contributed by atoms with Crippen molar-refractivity contribution in [3.05, 3.63) is 0 Å². The number of aliphatic imine (C=N–C) groups is 1. The number of nitrogens with one attached hydrogen (secondary N) is 2. The number of piperidine rings is 1. The molecule has 2 saturated heterocycles. The molecule has 2 fully saturated rings. The van der Waals surface area contributed by atoms with Crippen LogP contribution in [0.5, 0.6) is 0 Å². The van der Waals surface area contributed by atoms with Crippen LogP contribution in [0.4, 0.5) is 0 Å². The minimum Gasteiger partial charge on any atom is -0.381 e. The molecule has 20 heavy (non-hydrogen) atoms. The average molecular weight is 282 g/mol. The summed E-state index contributed by atoms with van der Waals surface area (Å²) in [6, 6.07) is 0.564. The Morgan fingerprint density at radius 1 is 1.30 bits per heavy atom. The molecule has 1 unspecified atom stereocenters. The van der Waals surface area contributed by atoms with E-state index in [4.69, 9.17) is 4.74 Å². The summed E-state index contributed by atoms with van der Waals surface area (Å²) in [7, 11) is 1.85. The molecule has 2 aliphatic rings. The topological polar surface area (TPSA) is 48.9 Å². The first-order valence-corrected chi connectivity index (χ1v) is 8.09. The summed E-state index contributed by atoms with van der Waals surface area (Å²) in [4.78, 5) is 6.90. The van der Waals surface area contributed by atoms with Crippen LogP contribution in [0.15, 0.2) is 4.99 Å². The van der Waals surface area contributed by atoms with Gasteiger partial charge in [0.1, 0.15) is 0 Å². The molecular formula is C15H30N4O. The Morgan fingerprint density at radius 3 is 2.70 bits per heavy atom. The van der Waals surface area contributed by atoms with Crippen molar-refractivity contribution < 1.29 is 4.74 Å². The maximum atomic E-state index is 5.40. The van der Waals surface area contributed by atoms with Gasteiger partial charge in [-0.25, -0.2) is 0 Å². The average Bonchev–Trinajstić information content (AvgIpc) is 2.99. The lowest BCUT2D eigenvalue weighted by Crippen LogP contribution is -2.49. The fraction of sp³-hybridized carbons (Fsp3) is 0.933. The number of likely N-dealkylation sites (tertiary alicyclic amines) is 1. The van der Waals surface area contributed by atoms with Crippen molar-refractivity contribution in [3.8, 4) is 0 Å². The fourth-order valence-electron chi connectivity index (χ4n) is 2.99.